The van der Waals surface area contributed by atoms with E-state index in [-0.39, 0.29) is 18.7 Å². The number of hydrogen-bond acceptors (Lipinski definition) is 3. The molecule has 0 bridgehead atoms. The van der Waals surface area contributed by atoms with Crippen LogP contribution in [-0.2, 0) is 13.1 Å². The van der Waals surface area contributed by atoms with Gasteiger partial charge in [0.2, 0.25) is 0 Å². The van der Waals surface area contributed by atoms with Gasteiger partial charge in [0.25, 0.3) is 11.5 Å². The first-order chi connectivity index (χ1) is 14.5. The smallest absolute Gasteiger partial charge is 0.265 e. The predicted molar refractivity (Wildman–Crippen MR) is 119 cm³/mol. The Kier molecular flexibility index (Phi) is 5.84. The standard InChI is InChI=1S/C23H17Cl2N3O2/c24-18-9-7-15(8-10-18)14-28-21-16(5-3-11-26-21)12-19(23(28)30)22(29)27-13-17-4-1-2-6-20(17)25/h1-12H,13-14H2,(H,27,29). The van der Waals surface area contributed by atoms with Crippen molar-refractivity contribution in [3.63, 3.8) is 0 Å². The maximum absolute atomic E-state index is 13.2. The van der Waals surface area contributed by atoms with Crippen molar-refractivity contribution in [3.8, 4) is 0 Å². The summed E-state index contributed by atoms with van der Waals surface area (Å²) in [5, 5.41) is 4.66. The average Bonchev–Trinajstić information content (AvgIpc) is 2.76. The Hall–Kier alpha value is -3.15. The van der Waals surface area contributed by atoms with E-state index >= 15 is 0 Å². The molecule has 0 radical (unpaired) electrons. The lowest BCUT2D eigenvalue weighted by molar-refractivity contribution is 0.0949. The molecule has 7 heteroatoms. The molecular weight excluding hydrogens is 421 g/mol. The third-order valence-electron chi connectivity index (χ3n) is 4.74. The normalized spacial score (nSPS) is 10.9. The molecule has 2 aromatic heterocycles. The van der Waals surface area contributed by atoms with E-state index in [0.29, 0.717) is 21.1 Å². The molecule has 5 nitrogen and oxygen atoms in total. The van der Waals surface area contributed by atoms with Crippen LogP contribution in [0.2, 0.25) is 10.0 Å². The quantitative estimate of drug-likeness (QED) is 0.492. The molecule has 0 aliphatic rings. The van der Waals surface area contributed by atoms with E-state index in [1.807, 2.05) is 36.4 Å². The third-order valence-corrected chi connectivity index (χ3v) is 5.36. The largest absolute Gasteiger partial charge is 0.348 e. The molecular formula is C23H17Cl2N3O2. The number of nitrogens with one attached hydrogen (secondary N) is 1. The second-order valence-electron chi connectivity index (χ2n) is 6.77. The van der Waals surface area contributed by atoms with Crippen LogP contribution in [0.25, 0.3) is 11.0 Å². The number of hydrogen-bond donors (Lipinski definition) is 1. The van der Waals surface area contributed by atoms with Crippen LogP contribution in [-0.4, -0.2) is 15.5 Å². The minimum absolute atomic E-state index is 0.0523. The molecule has 1 N–H and O–H groups in total. The van der Waals surface area contributed by atoms with Crippen molar-refractivity contribution in [1.29, 1.82) is 0 Å². The zero-order chi connectivity index (χ0) is 21.1. The van der Waals surface area contributed by atoms with Crippen LogP contribution in [0.15, 0.2) is 77.7 Å². The molecule has 0 saturated heterocycles. The first kappa shape index (κ1) is 20.1. The molecule has 0 aliphatic heterocycles. The summed E-state index contributed by atoms with van der Waals surface area (Å²) in [4.78, 5) is 30.4. The maximum atomic E-state index is 13.2. The molecule has 0 fully saturated rings. The number of carbonyl (C=O) groups excluding carboxylic acids is 1. The van der Waals surface area contributed by atoms with Crippen LogP contribution in [0.5, 0.6) is 0 Å². The number of halogens is 2. The van der Waals surface area contributed by atoms with E-state index in [1.54, 1.807) is 36.5 Å². The van der Waals surface area contributed by atoms with Crippen molar-refractivity contribution in [2.45, 2.75) is 13.1 Å². The predicted octanol–water partition coefficient (Wildman–Crippen LogP) is 4.68. The second kappa shape index (κ2) is 8.69. The van der Waals surface area contributed by atoms with Gasteiger partial charge in [-0.15, -0.1) is 0 Å². The number of fused-ring (bicyclic) bond motifs is 1. The number of nitrogens with zero attached hydrogens (tertiary/aromatic N) is 2. The van der Waals surface area contributed by atoms with Gasteiger partial charge in [-0.1, -0.05) is 53.5 Å². The summed E-state index contributed by atoms with van der Waals surface area (Å²) in [5.41, 5.74) is 1.81. The van der Waals surface area contributed by atoms with Gasteiger partial charge in [-0.25, -0.2) is 4.98 Å². The lowest BCUT2D eigenvalue weighted by Gasteiger charge is -2.13. The summed E-state index contributed by atoms with van der Waals surface area (Å²) >= 11 is 12.1. The Balaban J connectivity index is 1.70. The van der Waals surface area contributed by atoms with Gasteiger partial charge in [-0.3, -0.25) is 14.2 Å². The maximum Gasteiger partial charge on any atom is 0.265 e. The Labute approximate surface area is 182 Å². The monoisotopic (exact) mass is 437 g/mol. The van der Waals surface area contributed by atoms with E-state index in [0.717, 1.165) is 11.1 Å². The number of amides is 1. The highest BCUT2D eigenvalue weighted by atomic mass is 35.5. The van der Waals surface area contributed by atoms with Gasteiger partial charge in [0.05, 0.1) is 6.54 Å². The lowest BCUT2D eigenvalue weighted by atomic mass is 10.1. The average molecular weight is 438 g/mol. The lowest BCUT2D eigenvalue weighted by Crippen LogP contribution is -2.33. The van der Waals surface area contributed by atoms with Crippen LogP contribution < -0.4 is 10.9 Å². The minimum atomic E-state index is -0.462. The molecule has 0 atom stereocenters. The van der Waals surface area contributed by atoms with Crippen molar-refractivity contribution in [1.82, 2.24) is 14.9 Å². The molecule has 0 spiro atoms. The Morgan fingerprint density at radius 3 is 2.53 bits per heavy atom. The van der Waals surface area contributed by atoms with E-state index in [4.69, 9.17) is 23.2 Å². The molecule has 2 aromatic carbocycles. The molecule has 30 heavy (non-hydrogen) atoms. The molecule has 2 heterocycles. The Bertz CT molecular complexity index is 1280. The number of carbonyl (C=O) groups is 1. The fraction of sp³-hybridized carbons (Fsp3) is 0.0870. The van der Waals surface area contributed by atoms with Gasteiger partial charge in [0.15, 0.2) is 0 Å². The Morgan fingerprint density at radius 1 is 1.00 bits per heavy atom. The number of rotatable bonds is 5. The van der Waals surface area contributed by atoms with Crippen LogP contribution in [0, 0.1) is 0 Å². The molecule has 0 aliphatic carbocycles. The SMILES string of the molecule is O=C(NCc1ccccc1Cl)c1cc2cccnc2n(Cc2ccc(Cl)cc2)c1=O. The summed E-state index contributed by atoms with van der Waals surface area (Å²) < 4.78 is 1.50. The van der Waals surface area contributed by atoms with E-state index in [1.165, 1.54) is 4.57 Å². The molecule has 4 rings (SSSR count). The molecule has 0 saturated carbocycles. The Morgan fingerprint density at radius 2 is 1.77 bits per heavy atom. The van der Waals surface area contributed by atoms with Gasteiger partial charge < -0.3 is 5.32 Å². The van der Waals surface area contributed by atoms with Crippen LogP contribution in [0.1, 0.15) is 21.5 Å². The first-order valence-electron chi connectivity index (χ1n) is 9.27. The first-order valence-corrected chi connectivity index (χ1v) is 10.0. The van der Waals surface area contributed by atoms with E-state index in [2.05, 4.69) is 10.3 Å². The van der Waals surface area contributed by atoms with Crippen LogP contribution >= 0.6 is 23.2 Å². The highest BCUT2D eigenvalue weighted by Gasteiger charge is 2.17. The topological polar surface area (TPSA) is 64.0 Å². The minimum Gasteiger partial charge on any atom is -0.348 e. The number of aromatic nitrogens is 2. The van der Waals surface area contributed by atoms with Crippen molar-refractivity contribution in [2.75, 3.05) is 0 Å². The molecule has 0 unspecified atom stereocenters. The van der Waals surface area contributed by atoms with Crippen molar-refractivity contribution in [2.24, 2.45) is 0 Å². The molecule has 1 amide bonds. The van der Waals surface area contributed by atoms with Crippen molar-refractivity contribution >= 4 is 40.1 Å². The van der Waals surface area contributed by atoms with Gasteiger partial charge in [-0.05, 0) is 47.5 Å². The summed E-state index contributed by atoms with van der Waals surface area (Å²) in [6.07, 6.45) is 1.62. The zero-order valence-electron chi connectivity index (χ0n) is 15.8. The fourth-order valence-corrected chi connectivity index (χ4v) is 3.53. The third kappa shape index (κ3) is 4.22. The summed E-state index contributed by atoms with van der Waals surface area (Å²) in [7, 11) is 0. The van der Waals surface area contributed by atoms with Crippen LogP contribution in [0.4, 0.5) is 0 Å². The van der Waals surface area contributed by atoms with Gasteiger partial charge in [0.1, 0.15) is 11.2 Å². The summed E-state index contributed by atoms with van der Waals surface area (Å²) in [6.45, 7) is 0.495. The van der Waals surface area contributed by atoms with Crippen molar-refractivity contribution < 1.29 is 4.79 Å². The molecule has 4 aromatic rings. The fourth-order valence-electron chi connectivity index (χ4n) is 3.20. The van der Waals surface area contributed by atoms with E-state index in [9.17, 15) is 9.59 Å². The molecule has 150 valence electrons. The zero-order valence-corrected chi connectivity index (χ0v) is 17.3. The highest BCUT2D eigenvalue weighted by molar-refractivity contribution is 6.31. The van der Waals surface area contributed by atoms with Gasteiger partial charge in [0, 0.05) is 28.2 Å². The van der Waals surface area contributed by atoms with Gasteiger partial charge >= 0.3 is 0 Å². The summed E-state index contributed by atoms with van der Waals surface area (Å²) in [5.74, 6) is -0.462. The van der Waals surface area contributed by atoms with Crippen LogP contribution in [0.3, 0.4) is 0 Å². The van der Waals surface area contributed by atoms with Gasteiger partial charge in [-0.2, -0.15) is 0 Å². The van der Waals surface area contributed by atoms with Crippen molar-refractivity contribution in [3.05, 3.63) is 110 Å². The van der Waals surface area contributed by atoms with E-state index < -0.39 is 11.5 Å². The number of pyridine rings is 2. The second-order valence-corrected chi connectivity index (χ2v) is 7.61. The summed E-state index contributed by atoms with van der Waals surface area (Å²) in [6, 6.07) is 19.6. The number of benzene rings is 2. The highest BCUT2D eigenvalue weighted by Crippen LogP contribution is 2.16.